The van der Waals surface area contributed by atoms with Crippen molar-refractivity contribution in [2.75, 3.05) is 37.8 Å². The number of Topliss-reactive ketones (excluding diaryl/α,β-unsaturated/α-hetero) is 1. The third-order valence-corrected chi connectivity index (χ3v) is 7.10. The summed E-state index contributed by atoms with van der Waals surface area (Å²) in [6, 6.07) is 12.9. The molecule has 0 aliphatic heterocycles. The topological polar surface area (TPSA) is 61.4 Å². The zero-order chi connectivity index (χ0) is 26.7. The summed E-state index contributed by atoms with van der Waals surface area (Å²) in [5.41, 5.74) is 6.20. The van der Waals surface area contributed by atoms with Crippen LogP contribution in [0.3, 0.4) is 0 Å². The monoisotopic (exact) mass is 745 g/mol. The van der Waals surface area contributed by atoms with Gasteiger partial charge in [0.2, 0.25) is 5.91 Å². The molecule has 38 heavy (non-hydrogen) atoms. The van der Waals surface area contributed by atoms with Gasteiger partial charge in [0.05, 0.1) is 0 Å². The molecule has 0 saturated heterocycles. The van der Waals surface area contributed by atoms with E-state index in [1.54, 1.807) is 6.92 Å². The number of carbonyl (C=O) groups excluding carboxylic acids is 2. The van der Waals surface area contributed by atoms with Crippen molar-refractivity contribution in [2.45, 2.75) is 73.1 Å². The van der Waals surface area contributed by atoms with Gasteiger partial charge in [-0.15, -0.1) is 12.1 Å². The molecular weight excluding hydrogens is 696 g/mol. The third-order valence-electron chi connectivity index (χ3n) is 7.10. The summed E-state index contributed by atoms with van der Waals surface area (Å²) in [7, 11) is 4.10. The Morgan fingerprint density at radius 2 is 1.68 bits per heavy atom. The summed E-state index contributed by atoms with van der Waals surface area (Å²) in [4.78, 5) is 26.0. The van der Waals surface area contributed by atoms with E-state index in [0.717, 1.165) is 60.8 Å². The fourth-order valence-electron chi connectivity index (χ4n) is 4.87. The Labute approximate surface area is 256 Å². The van der Waals surface area contributed by atoms with Crippen LogP contribution in [-0.4, -0.2) is 43.8 Å². The molecule has 6 heteroatoms. The summed E-state index contributed by atoms with van der Waals surface area (Å²) < 4.78 is 0. The van der Waals surface area contributed by atoms with Crippen LogP contribution in [0.5, 0.6) is 0 Å². The minimum Gasteiger partial charge on any atom is -0.384 e. The van der Waals surface area contributed by atoms with E-state index in [1.165, 1.54) is 30.4 Å². The molecule has 5 nitrogen and oxygen atoms in total. The first-order valence-corrected chi connectivity index (χ1v) is 13.5. The van der Waals surface area contributed by atoms with Gasteiger partial charge in [0.15, 0.2) is 5.78 Å². The smallest absolute Gasteiger partial charge is 0.384 e. The average molecular weight is 746 g/mol. The molecule has 0 bridgehead atoms. The van der Waals surface area contributed by atoms with Crippen LogP contribution < -0.4 is 10.6 Å². The largest absolute Gasteiger partial charge is 2.00 e. The zero-order valence-electron chi connectivity index (χ0n) is 25.0. The maximum atomic E-state index is 12.2. The van der Waals surface area contributed by atoms with E-state index in [-0.39, 0.29) is 56.1 Å². The Hall–Kier alpha value is -1.61. The van der Waals surface area contributed by atoms with Crippen LogP contribution in [-0.2, 0) is 11.2 Å². The Bertz CT molecular complexity index is 998. The predicted octanol–water partition coefficient (Wildman–Crippen LogP) is 7.13. The second-order valence-electron chi connectivity index (χ2n) is 10.3. The zero-order valence-corrected chi connectivity index (χ0v) is 29.1. The third kappa shape index (κ3) is 12.1. The van der Waals surface area contributed by atoms with Gasteiger partial charge >= 0.3 is 31.1 Å². The van der Waals surface area contributed by atoms with Crippen molar-refractivity contribution in [2.24, 2.45) is 11.8 Å². The molecule has 0 radical (unpaired) electrons. The number of likely N-dealkylation sites (N-methyl/N-ethyl adjacent to an activating group) is 1. The molecule has 2 N–H and O–H groups in total. The number of nitrogens with zero attached hydrogens (tertiary/aromatic N) is 1. The molecule has 1 saturated carbocycles. The van der Waals surface area contributed by atoms with E-state index in [4.69, 9.17) is 0 Å². The molecule has 1 aliphatic rings. The molecule has 1 fully saturated rings. The number of anilines is 2. The van der Waals surface area contributed by atoms with Crippen molar-refractivity contribution in [1.82, 2.24) is 4.90 Å². The van der Waals surface area contributed by atoms with E-state index in [9.17, 15) is 9.59 Å². The first-order valence-electron chi connectivity index (χ1n) is 13.5. The standard InChI is InChI=1S/C16H22NO.C15H24N2O.CH3.U/c1-3-13-7-9-14(10-8-13)16(18)17-15-6-4-5-12(2)11-15;1-6-14-11(2)9-13(10-15(14)12(3)18)16-7-8-17(4)5;;/h4,6,11,13-14H,3,7-10H2,1-2H3,(H,17,18);9-10,16H,6-8H2,1-5H3;1H3;/q-1;;-1;+2. The van der Waals surface area contributed by atoms with Crippen LogP contribution in [0.1, 0.15) is 79.9 Å². The van der Waals surface area contributed by atoms with Crippen LogP contribution in [0.4, 0.5) is 11.4 Å². The minimum absolute atomic E-state index is 0. The van der Waals surface area contributed by atoms with Gasteiger partial charge < -0.3 is 23.0 Å². The van der Waals surface area contributed by atoms with E-state index < -0.39 is 0 Å². The Kier molecular flexibility index (Phi) is 17.8. The van der Waals surface area contributed by atoms with Crippen LogP contribution in [0.25, 0.3) is 0 Å². The van der Waals surface area contributed by atoms with Gasteiger partial charge in [0, 0.05) is 30.3 Å². The number of rotatable bonds is 9. The van der Waals surface area contributed by atoms with Crippen LogP contribution in [0, 0.1) is 70.3 Å². The van der Waals surface area contributed by atoms with Gasteiger partial charge in [0.25, 0.3) is 0 Å². The molecule has 2 aromatic carbocycles. The van der Waals surface area contributed by atoms with Crippen molar-refractivity contribution >= 4 is 23.1 Å². The summed E-state index contributed by atoms with van der Waals surface area (Å²) in [5.74, 6) is 1.38. The van der Waals surface area contributed by atoms with E-state index >= 15 is 0 Å². The van der Waals surface area contributed by atoms with Gasteiger partial charge in [-0.2, -0.15) is 17.7 Å². The summed E-state index contributed by atoms with van der Waals surface area (Å²) in [5, 5.41) is 6.40. The number of hydrogen-bond acceptors (Lipinski definition) is 4. The van der Waals surface area contributed by atoms with Crippen molar-refractivity contribution in [3.63, 3.8) is 0 Å². The quantitative estimate of drug-likeness (QED) is 0.212. The molecule has 208 valence electrons. The Morgan fingerprint density at radius 3 is 2.21 bits per heavy atom. The normalized spacial score (nSPS) is 16.3. The summed E-state index contributed by atoms with van der Waals surface area (Å²) >= 11 is 0. The van der Waals surface area contributed by atoms with Gasteiger partial charge in [-0.25, -0.2) is 0 Å². The first kappa shape index (κ1) is 36.4. The summed E-state index contributed by atoms with van der Waals surface area (Å²) in [6.45, 7) is 11.9. The van der Waals surface area contributed by atoms with Crippen molar-refractivity contribution in [3.8, 4) is 0 Å². The fraction of sp³-hybridized carbons (Fsp3) is 0.531. The minimum atomic E-state index is 0. The van der Waals surface area contributed by atoms with Crippen LogP contribution >= 0.6 is 0 Å². The molecule has 1 aliphatic carbocycles. The van der Waals surface area contributed by atoms with Gasteiger partial charge in [-0.3, -0.25) is 9.59 Å². The number of hydrogen-bond donors (Lipinski definition) is 2. The first-order chi connectivity index (χ1) is 17.1. The average Bonchev–Trinajstić information content (AvgIpc) is 2.84. The van der Waals surface area contributed by atoms with Crippen LogP contribution in [0.15, 0.2) is 30.3 Å². The van der Waals surface area contributed by atoms with Crippen LogP contribution in [0.2, 0.25) is 0 Å². The van der Waals surface area contributed by atoms with E-state index in [1.807, 2.05) is 45.3 Å². The molecule has 3 rings (SSSR count). The molecule has 0 aromatic heterocycles. The van der Waals surface area contributed by atoms with Crippen molar-refractivity contribution in [3.05, 3.63) is 66.1 Å². The molecule has 0 heterocycles. The van der Waals surface area contributed by atoms with E-state index in [0.29, 0.717) is 0 Å². The molecule has 0 spiro atoms. The predicted molar refractivity (Wildman–Crippen MR) is 158 cm³/mol. The van der Waals surface area contributed by atoms with Gasteiger partial charge in [-0.05, 0) is 89.2 Å². The summed E-state index contributed by atoms with van der Waals surface area (Å²) in [6.07, 6.45) is 6.65. The van der Waals surface area contributed by atoms with Gasteiger partial charge in [-0.1, -0.05) is 32.9 Å². The SMILES string of the molecule is CCC1CCC(C(=O)Nc2cc[c-]c(C)c2)CC1.CCc1c(C)cc(NCCN(C)C)cc1C(C)=O.[CH3-].[U+2]. The number of amides is 1. The number of carbonyl (C=O) groups is 2. The fourth-order valence-corrected chi connectivity index (χ4v) is 4.87. The number of aryl methyl sites for hydroxylation is 2. The maximum absolute atomic E-state index is 12.2. The number of nitrogens with one attached hydrogen (secondary N) is 2. The molecule has 2 aromatic rings. The number of ketones is 1. The van der Waals surface area contributed by atoms with Crippen molar-refractivity contribution in [1.29, 1.82) is 0 Å². The van der Waals surface area contributed by atoms with E-state index in [2.05, 4.69) is 48.4 Å². The number of benzene rings is 2. The van der Waals surface area contributed by atoms with Crippen molar-refractivity contribution < 1.29 is 40.7 Å². The molecular formula is C32H49N3O2U. The molecule has 0 atom stereocenters. The second kappa shape index (κ2) is 18.6. The van der Waals surface area contributed by atoms with Gasteiger partial charge in [0.1, 0.15) is 0 Å². The Morgan fingerprint density at radius 1 is 1.03 bits per heavy atom. The Balaban J connectivity index is 0.000000684. The molecule has 1 amide bonds. The maximum Gasteiger partial charge on any atom is 2.00 e. The molecule has 0 unspecified atom stereocenters. The second-order valence-corrected chi connectivity index (χ2v) is 10.3.